The Morgan fingerprint density at radius 1 is 0.875 bits per heavy atom. The van der Waals surface area contributed by atoms with Crippen LogP contribution in [-0.2, 0) is 4.74 Å². The summed E-state index contributed by atoms with van der Waals surface area (Å²) in [5.41, 5.74) is 1.30. The monoisotopic (exact) mass is 323 g/mol. The normalized spacial score (nSPS) is 16.5. The van der Waals surface area contributed by atoms with E-state index in [0.717, 1.165) is 0 Å². The van der Waals surface area contributed by atoms with Gasteiger partial charge in [-0.2, -0.15) is 0 Å². The van der Waals surface area contributed by atoms with E-state index in [1.54, 1.807) is 12.1 Å². The van der Waals surface area contributed by atoms with Crippen molar-refractivity contribution >= 4 is 11.6 Å². The number of benzene rings is 2. The van der Waals surface area contributed by atoms with Gasteiger partial charge in [0.15, 0.2) is 11.6 Å². The molecule has 1 saturated heterocycles. The minimum absolute atomic E-state index is 0.00165. The van der Waals surface area contributed by atoms with Gasteiger partial charge in [-0.25, -0.2) is 0 Å². The van der Waals surface area contributed by atoms with E-state index in [2.05, 4.69) is 4.90 Å². The molecule has 3 rings (SSSR count). The summed E-state index contributed by atoms with van der Waals surface area (Å²) in [7, 11) is 0. The van der Waals surface area contributed by atoms with Crippen LogP contribution in [0.15, 0.2) is 60.7 Å². The molecule has 4 heteroatoms. The maximum absolute atomic E-state index is 13.0. The van der Waals surface area contributed by atoms with Gasteiger partial charge in [0.05, 0.1) is 19.3 Å². The largest absolute Gasteiger partial charge is 0.379 e. The summed E-state index contributed by atoms with van der Waals surface area (Å²) in [6, 6.07) is 17.9. The Hall–Kier alpha value is -2.30. The third-order valence-electron chi connectivity index (χ3n) is 4.32. The molecule has 24 heavy (non-hydrogen) atoms. The zero-order valence-electron chi connectivity index (χ0n) is 13.6. The van der Waals surface area contributed by atoms with Crippen LogP contribution >= 0.6 is 0 Å². The molecule has 0 spiro atoms. The molecular weight excluding hydrogens is 302 g/mol. The van der Waals surface area contributed by atoms with Gasteiger partial charge in [-0.05, 0) is 0 Å². The van der Waals surface area contributed by atoms with E-state index in [4.69, 9.17) is 4.74 Å². The number of rotatable bonds is 6. The predicted octanol–water partition coefficient (Wildman–Crippen LogP) is 2.84. The van der Waals surface area contributed by atoms with Crippen molar-refractivity contribution < 1.29 is 14.3 Å². The molecule has 1 atom stereocenters. The van der Waals surface area contributed by atoms with Crippen molar-refractivity contribution in [1.29, 1.82) is 0 Å². The number of ether oxygens (including phenoxy) is 1. The van der Waals surface area contributed by atoms with Crippen molar-refractivity contribution in [2.75, 3.05) is 26.3 Å². The van der Waals surface area contributed by atoms with Gasteiger partial charge in [0.1, 0.15) is 0 Å². The molecule has 0 bridgehead atoms. The number of ketones is 2. The first kappa shape index (κ1) is 16.6. The Labute approximate surface area is 142 Å². The number of hydrogen-bond donors (Lipinski definition) is 0. The Bertz CT molecular complexity index is 679. The van der Waals surface area contributed by atoms with Gasteiger partial charge in [0.25, 0.3) is 0 Å². The first-order valence-electron chi connectivity index (χ1n) is 8.25. The highest BCUT2D eigenvalue weighted by Crippen LogP contribution is 2.17. The molecule has 0 amide bonds. The average Bonchev–Trinajstić information content (AvgIpc) is 2.67. The first-order chi connectivity index (χ1) is 11.8. The highest BCUT2D eigenvalue weighted by molar-refractivity contribution is 6.05. The average molecular weight is 323 g/mol. The van der Waals surface area contributed by atoms with E-state index < -0.39 is 6.04 Å². The number of hydrogen-bond acceptors (Lipinski definition) is 4. The molecule has 1 aliphatic heterocycles. The third-order valence-corrected chi connectivity index (χ3v) is 4.32. The standard InChI is InChI=1S/C20H21NO3/c22-19(16-7-3-1-4-8-16)15-18(21-11-13-24-14-12-21)20(23)17-9-5-2-6-10-17/h1-10,18H,11-15H2/t18-/m1/s1. The van der Waals surface area contributed by atoms with Gasteiger partial charge >= 0.3 is 0 Å². The zero-order valence-corrected chi connectivity index (χ0v) is 13.6. The number of Topliss-reactive ketones (excluding diaryl/α,β-unsaturated/α-hetero) is 2. The first-order valence-corrected chi connectivity index (χ1v) is 8.25. The third kappa shape index (κ3) is 3.96. The maximum atomic E-state index is 13.0. The second kappa shape index (κ2) is 7.99. The smallest absolute Gasteiger partial charge is 0.180 e. The summed E-state index contributed by atoms with van der Waals surface area (Å²) < 4.78 is 5.39. The van der Waals surface area contributed by atoms with Gasteiger partial charge in [-0.1, -0.05) is 60.7 Å². The lowest BCUT2D eigenvalue weighted by molar-refractivity contribution is 0.0162. The van der Waals surface area contributed by atoms with Crippen molar-refractivity contribution in [3.8, 4) is 0 Å². The molecule has 4 nitrogen and oxygen atoms in total. The molecule has 0 saturated carbocycles. The number of carbonyl (C=O) groups is 2. The van der Waals surface area contributed by atoms with Crippen LogP contribution in [0.4, 0.5) is 0 Å². The molecule has 1 heterocycles. The van der Waals surface area contributed by atoms with Gasteiger partial charge in [0.2, 0.25) is 0 Å². The second-order valence-electron chi connectivity index (χ2n) is 5.89. The lowest BCUT2D eigenvalue weighted by atomic mass is 9.95. The Balaban J connectivity index is 1.82. The molecule has 0 aliphatic carbocycles. The van der Waals surface area contributed by atoms with Crippen molar-refractivity contribution in [2.24, 2.45) is 0 Å². The van der Waals surface area contributed by atoms with Crippen LogP contribution in [0.2, 0.25) is 0 Å². The fourth-order valence-electron chi connectivity index (χ4n) is 2.99. The van der Waals surface area contributed by atoms with Gasteiger partial charge in [-0.15, -0.1) is 0 Å². The predicted molar refractivity (Wildman–Crippen MR) is 92.3 cm³/mol. The van der Waals surface area contributed by atoms with E-state index in [9.17, 15) is 9.59 Å². The van der Waals surface area contributed by atoms with Crippen LogP contribution in [0.25, 0.3) is 0 Å². The lowest BCUT2D eigenvalue weighted by Gasteiger charge is -2.33. The fraction of sp³-hybridized carbons (Fsp3) is 0.300. The molecular formula is C20H21NO3. The highest BCUT2D eigenvalue weighted by Gasteiger charge is 2.30. The Kier molecular flexibility index (Phi) is 5.51. The van der Waals surface area contributed by atoms with E-state index in [-0.39, 0.29) is 18.0 Å². The lowest BCUT2D eigenvalue weighted by Crippen LogP contribution is -2.48. The number of nitrogens with zero attached hydrogens (tertiary/aromatic N) is 1. The second-order valence-corrected chi connectivity index (χ2v) is 5.89. The van der Waals surface area contributed by atoms with Crippen molar-refractivity contribution in [2.45, 2.75) is 12.5 Å². The maximum Gasteiger partial charge on any atom is 0.180 e. The molecule has 124 valence electrons. The molecule has 2 aromatic carbocycles. The van der Waals surface area contributed by atoms with Gasteiger partial charge < -0.3 is 4.74 Å². The van der Waals surface area contributed by atoms with E-state index in [0.29, 0.717) is 37.4 Å². The van der Waals surface area contributed by atoms with Crippen molar-refractivity contribution in [3.05, 3.63) is 71.8 Å². The highest BCUT2D eigenvalue weighted by atomic mass is 16.5. The van der Waals surface area contributed by atoms with Crippen molar-refractivity contribution in [3.63, 3.8) is 0 Å². The van der Waals surface area contributed by atoms with Crippen LogP contribution in [0.3, 0.4) is 0 Å². The number of morpholine rings is 1. The van der Waals surface area contributed by atoms with E-state index >= 15 is 0 Å². The van der Waals surface area contributed by atoms with E-state index in [1.807, 2.05) is 48.5 Å². The summed E-state index contributed by atoms with van der Waals surface area (Å²) in [4.78, 5) is 27.7. The van der Waals surface area contributed by atoms with Gasteiger partial charge in [0, 0.05) is 30.6 Å². The molecule has 1 fully saturated rings. The SMILES string of the molecule is O=C(C[C@H](C(=O)c1ccccc1)N1CCOCC1)c1ccccc1. The number of carbonyl (C=O) groups excluding carboxylic acids is 2. The molecule has 0 radical (unpaired) electrons. The Morgan fingerprint density at radius 3 is 2.00 bits per heavy atom. The fourth-order valence-corrected chi connectivity index (χ4v) is 2.99. The van der Waals surface area contributed by atoms with Gasteiger partial charge in [-0.3, -0.25) is 14.5 Å². The summed E-state index contributed by atoms with van der Waals surface area (Å²) in [5.74, 6) is -0.00171. The van der Waals surface area contributed by atoms with Crippen molar-refractivity contribution in [1.82, 2.24) is 4.90 Å². The van der Waals surface area contributed by atoms with E-state index in [1.165, 1.54) is 0 Å². The molecule has 0 N–H and O–H groups in total. The van der Waals surface area contributed by atoms with Crippen LogP contribution in [0, 0.1) is 0 Å². The summed E-state index contributed by atoms with van der Waals surface area (Å²) in [5, 5.41) is 0. The zero-order chi connectivity index (χ0) is 16.8. The van der Waals surface area contributed by atoms with Crippen LogP contribution in [0.1, 0.15) is 27.1 Å². The minimum atomic E-state index is -0.441. The quantitative estimate of drug-likeness (QED) is 0.767. The summed E-state index contributed by atoms with van der Waals surface area (Å²) in [6.07, 6.45) is 0.192. The molecule has 1 aliphatic rings. The van der Waals surface area contributed by atoms with Crippen LogP contribution in [0.5, 0.6) is 0 Å². The molecule has 0 unspecified atom stereocenters. The topological polar surface area (TPSA) is 46.6 Å². The summed E-state index contributed by atoms with van der Waals surface area (Å²) in [6.45, 7) is 2.53. The Morgan fingerprint density at radius 2 is 1.42 bits per heavy atom. The molecule has 0 aromatic heterocycles. The van der Waals surface area contributed by atoms with Crippen LogP contribution in [-0.4, -0.2) is 48.8 Å². The minimum Gasteiger partial charge on any atom is -0.379 e. The summed E-state index contributed by atoms with van der Waals surface area (Å²) >= 11 is 0. The molecule has 2 aromatic rings. The van der Waals surface area contributed by atoms with Crippen LogP contribution < -0.4 is 0 Å².